The molecule has 1 aromatic carbocycles. The Hall–Kier alpha value is -2.11. The molecule has 0 radical (unpaired) electrons. The first kappa shape index (κ1) is 14.5. The summed E-state index contributed by atoms with van der Waals surface area (Å²) in [6.45, 7) is 3.12. The summed E-state index contributed by atoms with van der Waals surface area (Å²) in [5, 5.41) is 8.53. The van der Waals surface area contributed by atoms with Crippen LogP contribution in [0.25, 0.3) is 5.65 Å². The van der Waals surface area contributed by atoms with Gasteiger partial charge in [0.1, 0.15) is 5.82 Å². The number of likely N-dealkylation sites (tertiary alicyclic amines) is 1. The van der Waals surface area contributed by atoms with Gasteiger partial charge in [-0.2, -0.15) is 0 Å². The minimum absolute atomic E-state index is 0.408. The van der Waals surface area contributed by atoms with Crippen molar-refractivity contribution in [1.82, 2.24) is 19.5 Å². The lowest BCUT2D eigenvalue weighted by Gasteiger charge is -2.17. The Kier molecular flexibility index (Phi) is 3.89. The van der Waals surface area contributed by atoms with Gasteiger partial charge in [0.2, 0.25) is 0 Å². The summed E-state index contributed by atoms with van der Waals surface area (Å²) in [7, 11) is 0. The summed E-state index contributed by atoms with van der Waals surface area (Å²) in [5.41, 5.74) is 2.12. The number of rotatable bonds is 4. The number of nitrogens with one attached hydrogen (secondary N) is 1. The monoisotopic (exact) mass is 327 g/mol. The van der Waals surface area contributed by atoms with E-state index in [0.717, 1.165) is 37.5 Å². The third-order valence-corrected chi connectivity index (χ3v) is 4.45. The van der Waals surface area contributed by atoms with Crippen molar-refractivity contribution in [3.8, 4) is 0 Å². The van der Waals surface area contributed by atoms with Gasteiger partial charge in [-0.1, -0.05) is 41.9 Å². The third-order valence-electron chi connectivity index (χ3n) is 4.19. The zero-order chi connectivity index (χ0) is 15.6. The molecule has 1 N–H and O–H groups in total. The molecule has 5 nitrogen and oxygen atoms in total. The summed E-state index contributed by atoms with van der Waals surface area (Å²) >= 11 is 6.08. The molecule has 0 amide bonds. The summed E-state index contributed by atoms with van der Waals surface area (Å²) in [4.78, 5) is 6.65. The van der Waals surface area contributed by atoms with E-state index in [4.69, 9.17) is 11.6 Å². The molecule has 4 rings (SSSR count). The van der Waals surface area contributed by atoms with Crippen LogP contribution in [-0.2, 0) is 6.54 Å². The fourth-order valence-electron chi connectivity index (χ4n) is 3.07. The van der Waals surface area contributed by atoms with Gasteiger partial charge in [-0.3, -0.25) is 4.90 Å². The van der Waals surface area contributed by atoms with Crippen LogP contribution in [0.4, 0.5) is 5.82 Å². The van der Waals surface area contributed by atoms with Gasteiger partial charge >= 0.3 is 0 Å². The minimum Gasteiger partial charge on any atom is -0.365 e. The molecule has 1 atom stereocenters. The Morgan fingerprint density at radius 2 is 2.04 bits per heavy atom. The standard InChI is InChI=1S/C17H18ClN5/c18-15-10-19-17-7-6-16(21-23(15)17)20-14-8-9-22(12-14)11-13-4-2-1-3-5-13/h1-7,10,14H,8-9,11-12H2,(H,20,21)/t14-/m1/s1. The van der Waals surface area contributed by atoms with E-state index in [1.807, 2.05) is 12.1 Å². The molecule has 0 saturated carbocycles. The van der Waals surface area contributed by atoms with Gasteiger partial charge in [0.15, 0.2) is 10.8 Å². The van der Waals surface area contributed by atoms with Gasteiger partial charge in [-0.15, -0.1) is 5.10 Å². The molecule has 0 spiro atoms. The first-order chi connectivity index (χ1) is 11.3. The number of benzene rings is 1. The second-order valence-electron chi connectivity index (χ2n) is 5.92. The largest absolute Gasteiger partial charge is 0.365 e. The highest BCUT2D eigenvalue weighted by Gasteiger charge is 2.22. The molecule has 6 heteroatoms. The first-order valence-corrected chi connectivity index (χ1v) is 8.19. The maximum absolute atomic E-state index is 6.08. The van der Waals surface area contributed by atoms with E-state index >= 15 is 0 Å². The molecule has 3 heterocycles. The average molecular weight is 328 g/mol. The number of anilines is 1. The molecule has 0 aliphatic carbocycles. The van der Waals surface area contributed by atoms with Gasteiger partial charge in [0.05, 0.1) is 6.20 Å². The number of aromatic nitrogens is 3. The number of hydrogen-bond donors (Lipinski definition) is 1. The van der Waals surface area contributed by atoms with Gasteiger partial charge in [0, 0.05) is 25.7 Å². The van der Waals surface area contributed by atoms with Gasteiger partial charge in [-0.05, 0) is 24.1 Å². The molecule has 1 aliphatic heterocycles. The van der Waals surface area contributed by atoms with Crippen molar-refractivity contribution in [2.24, 2.45) is 0 Å². The van der Waals surface area contributed by atoms with E-state index < -0.39 is 0 Å². The van der Waals surface area contributed by atoms with Crippen molar-refractivity contribution in [1.29, 1.82) is 0 Å². The van der Waals surface area contributed by atoms with E-state index in [1.165, 1.54) is 5.56 Å². The highest BCUT2D eigenvalue weighted by Crippen LogP contribution is 2.18. The number of nitrogens with zero attached hydrogens (tertiary/aromatic N) is 4. The van der Waals surface area contributed by atoms with Crippen LogP contribution >= 0.6 is 11.6 Å². The number of halogens is 1. The summed E-state index contributed by atoms with van der Waals surface area (Å²) in [5.74, 6) is 0.837. The van der Waals surface area contributed by atoms with Crippen LogP contribution in [0.15, 0.2) is 48.7 Å². The van der Waals surface area contributed by atoms with E-state index in [-0.39, 0.29) is 0 Å². The zero-order valence-electron chi connectivity index (χ0n) is 12.7. The van der Waals surface area contributed by atoms with Crippen molar-refractivity contribution in [3.05, 3.63) is 59.4 Å². The summed E-state index contributed by atoms with van der Waals surface area (Å²) in [6, 6.07) is 14.9. The zero-order valence-corrected chi connectivity index (χ0v) is 13.4. The lowest BCUT2D eigenvalue weighted by atomic mass is 10.2. The van der Waals surface area contributed by atoms with Crippen molar-refractivity contribution >= 4 is 23.1 Å². The summed E-state index contributed by atoms with van der Waals surface area (Å²) < 4.78 is 1.65. The predicted octanol–water partition coefficient (Wildman–Crippen LogP) is 3.07. The summed E-state index contributed by atoms with van der Waals surface area (Å²) in [6.07, 6.45) is 2.73. The SMILES string of the molecule is Clc1cnc2ccc(N[C@@H]3CCN(Cc4ccccc4)C3)nn12. The van der Waals surface area contributed by atoms with Gasteiger partial charge in [-0.25, -0.2) is 9.50 Å². The van der Waals surface area contributed by atoms with Crippen LogP contribution in [-0.4, -0.2) is 38.6 Å². The Morgan fingerprint density at radius 3 is 2.91 bits per heavy atom. The molecule has 0 unspecified atom stereocenters. The Balaban J connectivity index is 1.40. The average Bonchev–Trinajstić information content (AvgIpc) is 3.16. The minimum atomic E-state index is 0.408. The van der Waals surface area contributed by atoms with E-state index in [0.29, 0.717) is 11.2 Å². The van der Waals surface area contributed by atoms with Crippen LogP contribution in [0.2, 0.25) is 5.15 Å². The Bertz CT molecular complexity index is 801. The highest BCUT2D eigenvalue weighted by molar-refractivity contribution is 6.29. The van der Waals surface area contributed by atoms with E-state index in [2.05, 4.69) is 50.6 Å². The fourth-order valence-corrected chi connectivity index (χ4v) is 3.24. The highest BCUT2D eigenvalue weighted by atomic mass is 35.5. The van der Waals surface area contributed by atoms with Crippen molar-refractivity contribution in [3.63, 3.8) is 0 Å². The maximum atomic E-state index is 6.08. The van der Waals surface area contributed by atoms with Gasteiger partial charge < -0.3 is 5.32 Å². The van der Waals surface area contributed by atoms with Crippen molar-refractivity contribution in [2.45, 2.75) is 19.0 Å². The molecule has 2 aromatic heterocycles. The predicted molar refractivity (Wildman–Crippen MR) is 91.7 cm³/mol. The maximum Gasteiger partial charge on any atom is 0.155 e. The number of fused-ring (bicyclic) bond motifs is 1. The smallest absolute Gasteiger partial charge is 0.155 e. The van der Waals surface area contributed by atoms with Crippen LogP contribution in [0.1, 0.15) is 12.0 Å². The lowest BCUT2D eigenvalue weighted by Crippen LogP contribution is -2.26. The van der Waals surface area contributed by atoms with E-state index in [1.54, 1.807) is 10.7 Å². The molecule has 3 aromatic rings. The van der Waals surface area contributed by atoms with Crippen molar-refractivity contribution in [2.75, 3.05) is 18.4 Å². The van der Waals surface area contributed by atoms with Crippen LogP contribution in [0, 0.1) is 0 Å². The second-order valence-corrected chi connectivity index (χ2v) is 6.31. The molecule has 23 heavy (non-hydrogen) atoms. The normalized spacial score (nSPS) is 18.6. The van der Waals surface area contributed by atoms with Crippen LogP contribution in [0.3, 0.4) is 0 Å². The Morgan fingerprint density at radius 1 is 1.17 bits per heavy atom. The quantitative estimate of drug-likeness (QED) is 0.800. The first-order valence-electron chi connectivity index (χ1n) is 7.81. The van der Waals surface area contributed by atoms with Crippen LogP contribution in [0.5, 0.6) is 0 Å². The van der Waals surface area contributed by atoms with Crippen molar-refractivity contribution < 1.29 is 0 Å². The Labute approximate surface area is 139 Å². The number of imidazole rings is 1. The van der Waals surface area contributed by atoms with E-state index in [9.17, 15) is 0 Å². The lowest BCUT2D eigenvalue weighted by molar-refractivity contribution is 0.328. The molecule has 1 saturated heterocycles. The molecular formula is C17H18ClN5. The second kappa shape index (κ2) is 6.18. The molecule has 0 bridgehead atoms. The topological polar surface area (TPSA) is 45.5 Å². The third kappa shape index (κ3) is 3.16. The molecule has 118 valence electrons. The molecule has 1 aliphatic rings. The van der Waals surface area contributed by atoms with Gasteiger partial charge in [0.25, 0.3) is 0 Å². The fraction of sp³-hybridized carbons (Fsp3) is 0.294. The molecular weight excluding hydrogens is 310 g/mol. The molecule has 1 fully saturated rings. The number of hydrogen-bond acceptors (Lipinski definition) is 4. The van der Waals surface area contributed by atoms with Crippen LogP contribution < -0.4 is 5.32 Å².